The van der Waals surface area contributed by atoms with E-state index in [1.165, 1.54) is 0 Å². The molecule has 214 valence electrons. The molecule has 1 unspecified atom stereocenters. The fourth-order valence-electron chi connectivity index (χ4n) is 5.92. The Morgan fingerprint density at radius 1 is 1.12 bits per heavy atom. The number of sulfonamides is 1. The van der Waals surface area contributed by atoms with E-state index in [1.807, 2.05) is 48.1 Å². The van der Waals surface area contributed by atoms with E-state index in [4.69, 9.17) is 9.84 Å². The highest BCUT2D eigenvalue weighted by molar-refractivity contribution is 7.89. The van der Waals surface area contributed by atoms with Gasteiger partial charge in [0.2, 0.25) is 10.0 Å². The van der Waals surface area contributed by atoms with Crippen LogP contribution in [0, 0.1) is 0 Å². The number of piperazine rings is 1. The van der Waals surface area contributed by atoms with Gasteiger partial charge < -0.3 is 19.9 Å². The minimum absolute atomic E-state index is 0.0812. The molecular formula is C29H38N6O4S. The maximum atomic E-state index is 13.5. The molecule has 6 rings (SSSR count). The molecule has 1 saturated carbocycles. The van der Waals surface area contributed by atoms with E-state index in [0.29, 0.717) is 19.5 Å². The van der Waals surface area contributed by atoms with Crippen molar-refractivity contribution in [2.45, 2.75) is 75.2 Å². The first kappa shape index (κ1) is 27.0. The summed E-state index contributed by atoms with van der Waals surface area (Å²) < 4.78 is 37.4. The van der Waals surface area contributed by atoms with Crippen molar-refractivity contribution in [3.05, 3.63) is 54.2 Å². The first-order valence-electron chi connectivity index (χ1n) is 14.1. The van der Waals surface area contributed by atoms with Gasteiger partial charge in [-0.3, -0.25) is 4.68 Å². The summed E-state index contributed by atoms with van der Waals surface area (Å²) in [6, 6.07) is 13.6. The molecule has 11 heteroatoms. The maximum absolute atomic E-state index is 13.5. The largest absolute Gasteiger partial charge is 0.445 e. The number of hydrogen-bond acceptors (Lipinski definition) is 7. The highest BCUT2D eigenvalue weighted by atomic mass is 32.2. The smallest absolute Gasteiger partial charge is 0.410 e. The molecule has 1 aliphatic carbocycles. The van der Waals surface area contributed by atoms with E-state index < -0.39 is 10.0 Å². The number of rotatable bonds is 7. The van der Waals surface area contributed by atoms with Gasteiger partial charge in [-0.25, -0.2) is 17.9 Å². The third-order valence-corrected chi connectivity index (χ3v) is 9.85. The van der Waals surface area contributed by atoms with Crippen molar-refractivity contribution in [1.29, 1.82) is 0 Å². The number of carbonyl (C=O) groups excluding carboxylic acids is 1. The van der Waals surface area contributed by atoms with Crippen LogP contribution in [0.4, 0.5) is 10.5 Å². The van der Waals surface area contributed by atoms with Crippen molar-refractivity contribution in [2.24, 2.45) is 0 Å². The number of hydrogen-bond donors (Lipinski definition) is 2. The number of likely N-dealkylation sites (tertiary alicyclic amines) is 1. The molecule has 2 aliphatic heterocycles. The highest BCUT2D eigenvalue weighted by Gasteiger charge is 2.42. The summed E-state index contributed by atoms with van der Waals surface area (Å²) in [6.07, 6.45) is 3.87. The summed E-state index contributed by atoms with van der Waals surface area (Å²) in [6.45, 7) is 8.99. The Bertz CT molecular complexity index is 1490. The lowest BCUT2D eigenvalue weighted by molar-refractivity contribution is 0.103. The van der Waals surface area contributed by atoms with Crippen molar-refractivity contribution in [1.82, 2.24) is 24.7 Å². The Kier molecular flexibility index (Phi) is 7.00. The van der Waals surface area contributed by atoms with Crippen LogP contribution >= 0.6 is 0 Å². The zero-order valence-electron chi connectivity index (χ0n) is 23.3. The van der Waals surface area contributed by atoms with Gasteiger partial charge in [0.1, 0.15) is 6.61 Å². The number of nitrogens with zero attached hydrogens (tertiary/aromatic N) is 4. The van der Waals surface area contributed by atoms with E-state index in [2.05, 4.69) is 28.8 Å². The van der Waals surface area contributed by atoms with Gasteiger partial charge in [-0.1, -0.05) is 30.3 Å². The van der Waals surface area contributed by atoms with Gasteiger partial charge in [0, 0.05) is 54.9 Å². The minimum Gasteiger partial charge on any atom is -0.445 e. The van der Waals surface area contributed by atoms with E-state index >= 15 is 0 Å². The van der Waals surface area contributed by atoms with Gasteiger partial charge in [0.25, 0.3) is 0 Å². The topological polar surface area (TPSA) is 109 Å². The number of nitrogens with one attached hydrogen (secondary N) is 2. The first-order valence-corrected chi connectivity index (χ1v) is 15.6. The van der Waals surface area contributed by atoms with Crippen LogP contribution in [-0.4, -0.2) is 73.0 Å². The normalized spacial score (nSPS) is 24.4. The van der Waals surface area contributed by atoms with Crippen molar-refractivity contribution < 1.29 is 17.9 Å². The summed E-state index contributed by atoms with van der Waals surface area (Å²) in [4.78, 5) is 17.0. The zero-order valence-corrected chi connectivity index (χ0v) is 24.2. The number of aromatic nitrogens is 2. The fourth-order valence-corrected chi connectivity index (χ4v) is 7.43. The number of amides is 1. The Balaban J connectivity index is 1.29. The second-order valence-corrected chi connectivity index (χ2v) is 13.6. The van der Waals surface area contributed by atoms with E-state index in [1.54, 1.807) is 17.0 Å². The molecule has 1 aromatic heterocycles. The van der Waals surface area contributed by atoms with E-state index in [9.17, 15) is 13.2 Å². The Morgan fingerprint density at radius 3 is 2.55 bits per heavy atom. The molecule has 40 heavy (non-hydrogen) atoms. The molecule has 0 radical (unpaired) electrons. The van der Waals surface area contributed by atoms with Gasteiger partial charge in [-0.2, -0.15) is 5.10 Å². The number of ether oxygens (including phenoxy) is 1. The lowest BCUT2D eigenvalue weighted by Crippen LogP contribution is -2.54. The standard InChI is InChI=1S/C29H38N6O4S/c1-20-16-34(17-21(2)31-20)26-13-24(40(37,38)32-29(3)10-11-29)14-27-25(26)15-30-35(27)23-9-12-33(18-23)28(36)39-19-22-7-5-4-6-8-22/h4-8,13-15,20-21,23,31-32H,9-12,16-19H2,1-3H3/t20-,21+,23?. The summed E-state index contributed by atoms with van der Waals surface area (Å²) in [5.41, 5.74) is 2.21. The molecule has 0 bridgehead atoms. The second kappa shape index (κ2) is 10.4. The Morgan fingerprint density at radius 2 is 1.85 bits per heavy atom. The zero-order chi connectivity index (χ0) is 28.1. The molecule has 1 amide bonds. The van der Waals surface area contributed by atoms with Gasteiger partial charge in [0.05, 0.1) is 22.7 Å². The summed E-state index contributed by atoms with van der Waals surface area (Å²) in [5.74, 6) is 0. The maximum Gasteiger partial charge on any atom is 0.410 e. The number of benzene rings is 2. The molecule has 3 aliphatic rings. The van der Waals surface area contributed by atoms with Crippen LogP contribution in [0.3, 0.4) is 0 Å². The summed E-state index contributed by atoms with van der Waals surface area (Å²) >= 11 is 0. The quantitative estimate of drug-likeness (QED) is 0.450. The van der Waals surface area contributed by atoms with E-state index in [-0.39, 0.29) is 41.3 Å². The molecule has 2 saturated heterocycles. The molecule has 2 aromatic carbocycles. The molecule has 3 fully saturated rings. The van der Waals surface area contributed by atoms with E-state index in [0.717, 1.165) is 48.1 Å². The lowest BCUT2D eigenvalue weighted by atomic mass is 10.1. The number of carbonyl (C=O) groups is 1. The van der Waals surface area contributed by atoms with Crippen LogP contribution < -0.4 is 14.9 Å². The fraction of sp³-hybridized carbons (Fsp3) is 0.517. The van der Waals surface area contributed by atoms with Crippen molar-refractivity contribution >= 4 is 32.7 Å². The third kappa shape index (κ3) is 5.55. The number of fused-ring (bicyclic) bond motifs is 1. The summed E-state index contributed by atoms with van der Waals surface area (Å²) in [5, 5.41) is 9.22. The van der Waals surface area contributed by atoms with Crippen LogP contribution in [-0.2, 0) is 21.4 Å². The van der Waals surface area contributed by atoms with Crippen LogP contribution in [0.2, 0.25) is 0 Å². The first-order chi connectivity index (χ1) is 19.1. The van der Waals surface area contributed by atoms with Crippen LogP contribution in [0.1, 0.15) is 51.6 Å². The van der Waals surface area contributed by atoms with Gasteiger partial charge in [-0.05, 0) is 57.7 Å². The minimum atomic E-state index is -3.73. The molecule has 3 heterocycles. The van der Waals surface area contributed by atoms with Crippen molar-refractivity contribution in [3.63, 3.8) is 0 Å². The molecular weight excluding hydrogens is 528 g/mol. The van der Waals surface area contributed by atoms with Crippen LogP contribution in [0.25, 0.3) is 10.9 Å². The third-order valence-electron chi connectivity index (χ3n) is 8.23. The highest BCUT2D eigenvalue weighted by Crippen LogP contribution is 2.38. The molecule has 0 spiro atoms. The predicted molar refractivity (Wildman–Crippen MR) is 154 cm³/mol. The van der Waals surface area contributed by atoms with Crippen molar-refractivity contribution in [3.8, 4) is 0 Å². The van der Waals surface area contributed by atoms with Gasteiger partial charge in [0.15, 0.2) is 0 Å². The van der Waals surface area contributed by atoms with Crippen LogP contribution in [0.15, 0.2) is 53.6 Å². The molecule has 3 aromatic rings. The Hall–Kier alpha value is -3.15. The van der Waals surface area contributed by atoms with Gasteiger partial charge >= 0.3 is 6.09 Å². The average Bonchev–Trinajstić information content (AvgIpc) is 3.29. The second-order valence-electron chi connectivity index (χ2n) is 11.9. The SMILES string of the molecule is C[C@@H]1CN(c2cc(S(=O)(=O)NC3(C)CC3)cc3c2cnn3C2CCN(C(=O)OCc3ccccc3)C2)C[C@H](C)N1. The van der Waals surface area contributed by atoms with Crippen molar-refractivity contribution in [2.75, 3.05) is 31.1 Å². The van der Waals surface area contributed by atoms with Crippen LogP contribution in [0.5, 0.6) is 0 Å². The number of anilines is 1. The molecule has 2 N–H and O–H groups in total. The average molecular weight is 567 g/mol. The lowest BCUT2D eigenvalue weighted by Gasteiger charge is -2.38. The molecule has 10 nitrogen and oxygen atoms in total. The Labute approximate surface area is 235 Å². The van der Waals surface area contributed by atoms with Gasteiger partial charge in [-0.15, -0.1) is 0 Å². The summed E-state index contributed by atoms with van der Waals surface area (Å²) in [7, 11) is -3.73. The molecule has 3 atom stereocenters. The predicted octanol–water partition coefficient (Wildman–Crippen LogP) is 3.64. The monoisotopic (exact) mass is 566 g/mol.